The van der Waals surface area contributed by atoms with Crippen molar-refractivity contribution in [3.05, 3.63) is 56.4 Å². The third-order valence-electron chi connectivity index (χ3n) is 2.66. The van der Waals surface area contributed by atoms with E-state index in [9.17, 15) is 18.0 Å². The molecular formula is C14H9Br2F3N2O2. The molecular weight excluding hydrogens is 445 g/mol. The summed E-state index contributed by atoms with van der Waals surface area (Å²) in [6.07, 6.45) is -3.38. The number of benzene rings is 1. The van der Waals surface area contributed by atoms with Crippen LogP contribution in [0.25, 0.3) is 0 Å². The van der Waals surface area contributed by atoms with Gasteiger partial charge in [-0.1, -0.05) is 18.2 Å². The van der Waals surface area contributed by atoms with Crippen LogP contribution in [0.4, 0.5) is 13.2 Å². The second-order valence-electron chi connectivity index (χ2n) is 4.44. The monoisotopic (exact) mass is 452 g/mol. The van der Waals surface area contributed by atoms with Crippen molar-refractivity contribution in [1.29, 1.82) is 0 Å². The SMILES string of the molecule is O=C(Cc1cccc(C(F)(F)F)c1)NN=Cc1cc(Br)c(Br)o1. The van der Waals surface area contributed by atoms with Crippen LogP contribution >= 0.6 is 31.9 Å². The predicted molar refractivity (Wildman–Crippen MR) is 85.0 cm³/mol. The van der Waals surface area contributed by atoms with Crippen molar-refractivity contribution in [2.24, 2.45) is 5.10 Å². The van der Waals surface area contributed by atoms with Gasteiger partial charge < -0.3 is 4.42 Å². The van der Waals surface area contributed by atoms with Gasteiger partial charge in [-0.3, -0.25) is 4.79 Å². The molecule has 0 radical (unpaired) electrons. The van der Waals surface area contributed by atoms with Crippen molar-refractivity contribution in [2.45, 2.75) is 12.6 Å². The molecule has 1 aromatic carbocycles. The van der Waals surface area contributed by atoms with E-state index in [2.05, 4.69) is 42.4 Å². The molecule has 0 aliphatic heterocycles. The van der Waals surface area contributed by atoms with Crippen molar-refractivity contribution in [3.63, 3.8) is 0 Å². The quantitative estimate of drug-likeness (QED) is 0.546. The van der Waals surface area contributed by atoms with Gasteiger partial charge in [0.2, 0.25) is 5.91 Å². The first-order chi connectivity index (χ1) is 10.8. The number of rotatable bonds is 4. The lowest BCUT2D eigenvalue weighted by Crippen LogP contribution is -2.20. The third kappa shape index (κ3) is 5.21. The molecule has 1 aromatic heterocycles. The summed E-state index contributed by atoms with van der Waals surface area (Å²) in [5, 5.41) is 3.68. The molecule has 0 aliphatic rings. The lowest BCUT2D eigenvalue weighted by Gasteiger charge is -2.08. The molecule has 1 amide bonds. The van der Waals surface area contributed by atoms with Gasteiger partial charge in [0.1, 0.15) is 5.76 Å². The number of nitrogens with one attached hydrogen (secondary N) is 1. The second kappa shape index (κ2) is 7.31. The minimum absolute atomic E-state index is 0.215. The molecule has 23 heavy (non-hydrogen) atoms. The van der Waals surface area contributed by atoms with E-state index in [4.69, 9.17) is 4.42 Å². The van der Waals surface area contributed by atoms with Crippen LogP contribution in [-0.4, -0.2) is 12.1 Å². The highest BCUT2D eigenvalue weighted by molar-refractivity contribution is 9.13. The average Bonchev–Trinajstić information content (AvgIpc) is 2.77. The number of carbonyl (C=O) groups excluding carboxylic acids is 1. The highest BCUT2D eigenvalue weighted by atomic mass is 79.9. The highest BCUT2D eigenvalue weighted by Gasteiger charge is 2.30. The van der Waals surface area contributed by atoms with Crippen molar-refractivity contribution in [1.82, 2.24) is 5.43 Å². The topological polar surface area (TPSA) is 54.6 Å². The van der Waals surface area contributed by atoms with Gasteiger partial charge in [0.25, 0.3) is 0 Å². The van der Waals surface area contributed by atoms with Gasteiger partial charge in [-0.2, -0.15) is 18.3 Å². The molecule has 1 heterocycles. The maximum atomic E-state index is 12.6. The zero-order chi connectivity index (χ0) is 17.0. The normalized spacial score (nSPS) is 11.9. The Morgan fingerprint density at radius 3 is 2.65 bits per heavy atom. The molecule has 4 nitrogen and oxygen atoms in total. The van der Waals surface area contributed by atoms with Gasteiger partial charge in [0, 0.05) is 6.07 Å². The summed E-state index contributed by atoms with van der Waals surface area (Å²) in [5.41, 5.74) is 1.68. The molecule has 0 fully saturated rings. The number of nitrogens with zero attached hydrogens (tertiary/aromatic N) is 1. The van der Waals surface area contributed by atoms with Crippen molar-refractivity contribution in [2.75, 3.05) is 0 Å². The van der Waals surface area contributed by atoms with Crippen LogP contribution in [-0.2, 0) is 17.4 Å². The van der Waals surface area contributed by atoms with E-state index in [1.54, 1.807) is 6.07 Å². The Hall–Kier alpha value is -1.61. The lowest BCUT2D eigenvalue weighted by molar-refractivity contribution is -0.137. The standard InChI is InChI=1S/C14H9Br2F3N2O2/c15-11-6-10(23-13(11)16)7-20-21-12(22)5-8-2-1-3-9(4-8)14(17,18)19/h1-4,6-7H,5H2,(H,21,22). The number of halogens is 5. The maximum Gasteiger partial charge on any atom is 0.416 e. The fraction of sp³-hybridized carbons (Fsp3) is 0.143. The Morgan fingerprint density at radius 1 is 1.30 bits per heavy atom. The molecule has 122 valence electrons. The van der Waals surface area contributed by atoms with Crippen LogP contribution in [0.2, 0.25) is 0 Å². The number of alkyl halides is 3. The Bertz CT molecular complexity index is 722. The zero-order valence-corrected chi connectivity index (χ0v) is 14.5. The Kier molecular flexibility index (Phi) is 5.64. The van der Waals surface area contributed by atoms with E-state index in [-0.39, 0.29) is 12.0 Å². The van der Waals surface area contributed by atoms with Crippen LogP contribution in [0.15, 0.2) is 49.0 Å². The molecule has 2 aromatic rings. The van der Waals surface area contributed by atoms with E-state index >= 15 is 0 Å². The fourth-order valence-electron chi connectivity index (χ4n) is 1.68. The van der Waals surface area contributed by atoms with Crippen molar-refractivity contribution in [3.8, 4) is 0 Å². The maximum absolute atomic E-state index is 12.6. The Balaban J connectivity index is 1.95. The fourth-order valence-corrected chi connectivity index (χ4v) is 2.29. The number of furan rings is 1. The van der Waals surface area contributed by atoms with Gasteiger partial charge in [-0.05, 0) is 43.5 Å². The first kappa shape index (κ1) is 17.7. The smallest absolute Gasteiger partial charge is 0.416 e. The molecule has 0 atom stereocenters. The molecule has 9 heteroatoms. The van der Waals surface area contributed by atoms with Gasteiger partial charge in [0.15, 0.2) is 4.67 Å². The van der Waals surface area contributed by atoms with E-state index < -0.39 is 17.6 Å². The molecule has 0 spiro atoms. The van der Waals surface area contributed by atoms with Crippen LogP contribution in [0.5, 0.6) is 0 Å². The number of hydrogen-bond donors (Lipinski definition) is 1. The number of hydrogen-bond acceptors (Lipinski definition) is 3. The first-order valence-electron chi connectivity index (χ1n) is 6.18. The van der Waals surface area contributed by atoms with Gasteiger partial charge in [-0.15, -0.1) is 0 Å². The highest BCUT2D eigenvalue weighted by Crippen LogP contribution is 2.29. The van der Waals surface area contributed by atoms with E-state index in [0.29, 0.717) is 14.9 Å². The van der Waals surface area contributed by atoms with Crippen LogP contribution in [0, 0.1) is 0 Å². The summed E-state index contributed by atoms with van der Waals surface area (Å²) in [5.74, 6) is -0.145. The second-order valence-corrected chi connectivity index (χ2v) is 6.01. The number of hydrazone groups is 1. The van der Waals surface area contributed by atoms with Crippen molar-refractivity contribution < 1.29 is 22.4 Å². The van der Waals surface area contributed by atoms with Gasteiger partial charge in [0.05, 0.1) is 22.7 Å². The van der Waals surface area contributed by atoms with Crippen LogP contribution in [0.3, 0.4) is 0 Å². The summed E-state index contributed by atoms with van der Waals surface area (Å²) in [4.78, 5) is 11.7. The van der Waals surface area contributed by atoms with Gasteiger partial charge in [-0.25, -0.2) is 5.43 Å². The Labute approximate surface area is 146 Å². The molecule has 0 saturated heterocycles. The Morgan fingerprint density at radius 2 is 2.04 bits per heavy atom. The zero-order valence-electron chi connectivity index (χ0n) is 11.3. The molecule has 1 N–H and O–H groups in total. The number of amides is 1. The largest absolute Gasteiger partial charge is 0.447 e. The van der Waals surface area contributed by atoms with Gasteiger partial charge >= 0.3 is 6.18 Å². The molecule has 2 rings (SSSR count). The summed E-state index contributed by atoms with van der Waals surface area (Å²) in [7, 11) is 0. The molecule has 0 saturated carbocycles. The van der Waals surface area contributed by atoms with Crippen LogP contribution in [0.1, 0.15) is 16.9 Å². The third-order valence-corrected chi connectivity index (χ3v) is 4.37. The molecule has 0 unspecified atom stereocenters. The van der Waals surface area contributed by atoms with E-state index in [0.717, 1.165) is 12.1 Å². The summed E-state index contributed by atoms with van der Waals surface area (Å²) < 4.78 is 44.1. The predicted octanol–water partition coefficient (Wildman–Crippen LogP) is 4.52. The summed E-state index contributed by atoms with van der Waals surface area (Å²) in [6.45, 7) is 0. The lowest BCUT2D eigenvalue weighted by atomic mass is 10.1. The van der Waals surface area contributed by atoms with E-state index in [1.807, 2.05) is 0 Å². The van der Waals surface area contributed by atoms with Crippen molar-refractivity contribution >= 4 is 44.0 Å². The minimum Gasteiger partial charge on any atom is -0.447 e. The summed E-state index contributed by atoms with van der Waals surface area (Å²) in [6, 6.07) is 6.22. The molecule has 0 aliphatic carbocycles. The summed E-state index contributed by atoms with van der Waals surface area (Å²) >= 11 is 6.37. The first-order valence-corrected chi connectivity index (χ1v) is 7.77. The molecule has 0 bridgehead atoms. The minimum atomic E-state index is -4.44. The average molecular weight is 454 g/mol. The van der Waals surface area contributed by atoms with E-state index in [1.165, 1.54) is 18.3 Å². The van der Waals surface area contributed by atoms with Crippen LogP contribution < -0.4 is 5.43 Å². The number of carbonyl (C=O) groups is 1.